The molecule has 8 rings (SSSR count). The summed E-state index contributed by atoms with van der Waals surface area (Å²) in [5, 5.41) is 0.607. The van der Waals surface area contributed by atoms with E-state index in [4.69, 9.17) is 23.9 Å². The van der Waals surface area contributed by atoms with E-state index in [0.29, 0.717) is 106 Å². The van der Waals surface area contributed by atoms with Crippen molar-refractivity contribution in [3.8, 4) is 22.8 Å². The number of aromatic nitrogens is 1. The summed E-state index contributed by atoms with van der Waals surface area (Å²) < 4.78 is 23.9. The Morgan fingerprint density at radius 2 is 1.00 bits per heavy atom. The highest BCUT2D eigenvalue weighted by Crippen LogP contribution is 2.42. The Bertz CT molecular complexity index is 2410. The maximum atomic E-state index is 13.7. The molecule has 63 heavy (non-hydrogen) atoms. The number of carbonyl (C=O) groups is 4. The number of carbonyl (C=O) groups excluding carboxylic acids is 4. The van der Waals surface area contributed by atoms with Crippen molar-refractivity contribution in [1.82, 2.24) is 4.98 Å². The van der Waals surface area contributed by atoms with Gasteiger partial charge in [-0.2, -0.15) is 0 Å². The fraction of sp³-hybridized carbons (Fsp3) is 0.426. The lowest BCUT2D eigenvalue weighted by Gasteiger charge is -2.27. The van der Waals surface area contributed by atoms with Crippen molar-refractivity contribution < 1.29 is 38.1 Å². The number of nitrogens with zero attached hydrogens (tertiary/aromatic N) is 1. The van der Waals surface area contributed by atoms with Gasteiger partial charge < -0.3 is 18.9 Å². The van der Waals surface area contributed by atoms with Gasteiger partial charge in [0.05, 0.1) is 17.5 Å². The quantitative estimate of drug-likeness (QED) is 0.0693. The molecule has 0 N–H and O–H groups in total. The van der Waals surface area contributed by atoms with E-state index in [1.54, 1.807) is 12.1 Å². The minimum atomic E-state index is -0.349. The first kappa shape index (κ1) is 43.8. The standard InChI is InChI=1S/C54H59NO8/c1-3-7-35-11-15-37(16-12-35)19-31-49(56)60-43-25-21-39(22-26-43)53(58)62-47-29-30-48(52-46(47)34-42-33-41-9-5-6-10-45(41)51(42)55-52)63-54(59)40-23-27-44(28-24-40)61-50(57)32-20-38-17-13-36(8-4-2)14-18-38/h5-6,9-18,29-30,34,39-40,43-44H,3-4,7-8,19-28,31-33H2,1-2H3. The maximum Gasteiger partial charge on any atom is 0.314 e. The SMILES string of the molecule is CCCc1ccc(CCC(=O)OC2CCC(C(=O)Oc3ccc(OC(=O)C4CCC(OC(=O)CCc5ccc(CCC)cc5)CC4)c4nc5c(cc34)Cc3ccccc3-5)CC2)cc1. The van der Waals surface area contributed by atoms with Gasteiger partial charge in [-0.15, -0.1) is 0 Å². The maximum absolute atomic E-state index is 13.7. The second kappa shape index (κ2) is 20.6. The first-order chi connectivity index (χ1) is 30.7. The zero-order valence-electron chi connectivity index (χ0n) is 36.7. The van der Waals surface area contributed by atoms with Gasteiger partial charge in [-0.1, -0.05) is 99.5 Å². The highest BCUT2D eigenvalue weighted by molar-refractivity contribution is 5.97. The van der Waals surface area contributed by atoms with Crippen molar-refractivity contribution >= 4 is 34.8 Å². The minimum absolute atomic E-state index is 0.211. The van der Waals surface area contributed by atoms with Gasteiger partial charge in [0.2, 0.25) is 0 Å². The monoisotopic (exact) mass is 849 g/mol. The molecule has 2 fully saturated rings. The van der Waals surface area contributed by atoms with Crippen molar-refractivity contribution in [2.24, 2.45) is 11.8 Å². The van der Waals surface area contributed by atoms with E-state index in [-0.39, 0.29) is 47.9 Å². The first-order valence-corrected chi connectivity index (χ1v) is 23.3. The molecule has 1 heterocycles. The summed E-state index contributed by atoms with van der Waals surface area (Å²) in [4.78, 5) is 58.0. The summed E-state index contributed by atoms with van der Waals surface area (Å²) in [5.74, 6) is -1.10. The van der Waals surface area contributed by atoms with Crippen molar-refractivity contribution in [1.29, 1.82) is 0 Å². The number of ether oxygens (including phenoxy) is 4. The van der Waals surface area contributed by atoms with Gasteiger partial charge >= 0.3 is 23.9 Å². The lowest BCUT2D eigenvalue weighted by molar-refractivity contribution is -0.153. The van der Waals surface area contributed by atoms with E-state index in [2.05, 4.69) is 68.4 Å². The average molecular weight is 850 g/mol. The molecule has 1 aromatic heterocycles. The average Bonchev–Trinajstić information content (AvgIpc) is 3.67. The summed E-state index contributed by atoms with van der Waals surface area (Å²) in [6, 6.07) is 30.4. The molecule has 9 nitrogen and oxygen atoms in total. The topological polar surface area (TPSA) is 118 Å². The van der Waals surface area contributed by atoms with Crippen molar-refractivity contribution in [3.05, 3.63) is 124 Å². The Labute approximate surface area is 370 Å². The zero-order valence-corrected chi connectivity index (χ0v) is 36.7. The van der Waals surface area contributed by atoms with Gasteiger partial charge in [-0.25, -0.2) is 4.98 Å². The van der Waals surface area contributed by atoms with Crippen molar-refractivity contribution in [3.63, 3.8) is 0 Å². The van der Waals surface area contributed by atoms with Crippen LogP contribution in [-0.4, -0.2) is 41.1 Å². The normalized spacial score (nSPS) is 19.1. The molecular weight excluding hydrogens is 791 g/mol. The highest BCUT2D eigenvalue weighted by atomic mass is 16.6. The fourth-order valence-corrected chi connectivity index (χ4v) is 9.42. The second-order valence-electron chi connectivity index (χ2n) is 17.7. The molecule has 0 spiro atoms. The molecule has 9 heteroatoms. The number of hydrogen-bond donors (Lipinski definition) is 0. The Morgan fingerprint density at radius 3 is 1.51 bits per heavy atom. The first-order valence-electron chi connectivity index (χ1n) is 23.3. The molecule has 3 aliphatic carbocycles. The molecule has 0 atom stereocenters. The van der Waals surface area contributed by atoms with Gasteiger partial charge in [0, 0.05) is 30.2 Å². The fourth-order valence-electron chi connectivity index (χ4n) is 9.42. The third-order valence-corrected chi connectivity index (χ3v) is 13.0. The number of hydrogen-bond acceptors (Lipinski definition) is 9. The van der Waals surface area contributed by atoms with E-state index >= 15 is 0 Å². The van der Waals surface area contributed by atoms with Crippen molar-refractivity contribution in [2.75, 3.05) is 0 Å². The number of rotatable bonds is 16. The zero-order chi connectivity index (χ0) is 43.7. The third kappa shape index (κ3) is 11.0. The molecule has 328 valence electrons. The van der Waals surface area contributed by atoms with E-state index in [0.717, 1.165) is 59.2 Å². The number of aryl methyl sites for hydroxylation is 4. The second-order valence-corrected chi connectivity index (χ2v) is 17.7. The van der Waals surface area contributed by atoms with Crippen LogP contribution in [0.25, 0.3) is 22.2 Å². The van der Waals surface area contributed by atoms with Crippen LogP contribution in [0.2, 0.25) is 0 Å². The molecule has 4 aromatic carbocycles. The summed E-state index contributed by atoms with van der Waals surface area (Å²) >= 11 is 0. The number of benzene rings is 4. The molecule has 2 saturated carbocycles. The highest BCUT2D eigenvalue weighted by Gasteiger charge is 2.33. The Hall–Kier alpha value is -5.83. The van der Waals surface area contributed by atoms with Crippen LogP contribution in [0, 0.1) is 11.8 Å². The Kier molecular flexibility index (Phi) is 14.3. The van der Waals surface area contributed by atoms with Gasteiger partial charge in [-0.05, 0) is 129 Å². The van der Waals surface area contributed by atoms with Gasteiger partial charge in [0.25, 0.3) is 0 Å². The number of fused-ring (bicyclic) bond motifs is 4. The Balaban J connectivity index is 0.864. The van der Waals surface area contributed by atoms with Crippen LogP contribution in [0.5, 0.6) is 11.5 Å². The van der Waals surface area contributed by atoms with E-state index in [1.807, 2.05) is 24.3 Å². The van der Waals surface area contributed by atoms with Crippen LogP contribution in [0.1, 0.15) is 124 Å². The van der Waals surface area contributed by atoms with Crippen LogP contribution >= 0.6 is 0 Å². The van der Waals surface area contributed by atoms with E-state index in [9.17, 15) is 19.2 Å². The predicted molar refractivity (Wildman–Crippen MR) is 242 cm³/mol. The smallest absolute Gasteiger partial charge is 0.314 e. The van der Waals surface area contributed by atoms with Crippen molar-refractivity contribution in [2.45, 2.75) is 135 Å². The predicted octanol–water partition coefficient (Wildman–Crippen LogP) is 11.0. The Morgan fingerprint density at radius 1 is 0.540 bits per heavy atom. The molecule has 0 saturated heterocycles. The lowest BCUT2D eigenvalue weighted by Crippen LogP contribution is -2.30. The van der Waals surface area contributed by atoms with Crippen LogP contribution in [-0.2, 0) is 60.8 Å². The van der Waals surface area contributed by atoms with Gasteiger partial charge in [-0.3, -0.25) is 19.2 Å². The summed E-state index contributed by atoms with van der Waals surface area (Å²) in [5.41, 5.74) is 9.34. The summed E-state index contributed by atoms with van der Waals surface area (Å²) in [6.45, 7) is 4.33. The van der Waals surface area contributed by atoms with Crippen LogP contribution in [0.15, 0.2) is 91.0 Å². The van der Waals surface area contributed by atoms with Crippen LogP contribution in [0.4, 0.5) is 0 Å². The molecule has 0 radical (unpaired) electrons. The summed E-state index contributed by atoms with van der Waals surface area (Å²) in [7, 11) is 0. The summed E-state index contributed by atoms with van der Waals surface area (Å²) in [6.07, 6.45) is 11.1. The molecular formula is C54H59NO8. The van der Waals surface area contributed by atoms with Gasteiger partial charge in [0.15, 0.2) is 5.75 Å². The van der Waals surface area contributed by atoms with E-state index < -0.39 is 0 Å². The number of esters is 4. The molecule has 0 amide bonds. The molecule has 5 aromatic rings. The molecule has 3 aliphatic rings. The van der Waals surface area contributed by atoms with Crippen LogP contribution in [0.3, 0.4) is 0 Å². The third-order valence-electron chi connectivity index (χ3n) is 13.0. The van der Waals surface area contributed by atoms with Gasteiger partial charge in [0.1, 0.15) is 23.5 Å². The minimum Gasteiger partial charge on any atom is -0.462 e. The molecule has 0 bridgehead atoms. The largest absolute Gasteiger partial charge is 0.462 e. The molecule has 0 unspecified atom stereocenters. The number of pyridine rings is 1. The lowest BCUT2D eigenvalue weighted by atomic mass is 9.87. The molecule has 0 aliphatic heterocycles. The van der Waals surface area contributed by atoms with E-state index in [1.165, 1.54) is 11.1 Å². The van der Waals surface area contributed by atoms with Crippen LogP contribution < -0.4 is 9.47 Å².